The Balaban J connectivity index is 1.44. The largest absolute Gasteiger partial charge is 0.347 e. The highest BCUT2D eigenvalue weighted by Gasteiger charge is 2.42. The molecule has 2 aliphatic rings. The highest BCUT2D eigenvalue weighted by Crippen LogP contribution is 2.44. The summed E-state index contributed by atoms with van der Waals surface area (Å²) in [5.74, 6) is 1.01. The Labute approximate surface area is 148 Å². The van der Waals surface area contributed by atoms with Gasteiger partial charge in [0, 0.05) is 23.2 Å². The molecule has 1 amide bonds. The fraction of sp³-hybridized carbons (Fsp3) is 0.368. The number of halogens is 1. The summed E-state index contributed by atoms with van der Waals surface area (Å²) in [6.07, 6.45) is 6.74. The zero-order valence-corrected chi connectivity index (χ0v) is 14.4. The van der Waals surface area contributed by atoms with Crippen LogP contribution in [0.5, 0.6) is 0 Å². The number of fused-ring (bicyclic) bond motifs is 1. The maximum absolute atomic E-state index is 13.5. The van der Waals surface area contributed by atoms with Crippen molar-refractivity contribution < 1.29 is 9.18 Å². The molecule has 2 aromatic heterocycles. The maximum Gasteiger partial charge on any atom is 0.269 e. The summed E-state index contributed by atoms with van der Waals surface area (Å²) in [5, 5.41) is 5.10. The third-order valence-corrected chi connectivity index (χ3v) is 5.96. The second-order valence-electron chi connectivity index (χ2n) is 7.08. The van der Waals surface area contributed by atoms with Crippen LogP contribution in [-0.4, -0.2) is 21.3 Å². The number of imidazole rings is 1. The Morgan fingerprint density at radius 2 is 2.04 bits per heavy atom. The van der Waals surface area contributed by atoms with Gasteiger partial charge in [0.05, 0.1) is 5.69 Å². The van der Waals surface area contributed by atoms with Crippen molar-refractivity contribution in [2.75, 3.05) is 0 Å². The molecule has 6 heteroatoms. The molecule has 2 heterocycles. The molecule has 0 unspecified atom stereocenters. The van der Waals surface area contributed by atoms with Crippen LogP contribution in [-0.2, 0) is 0 Å². The first kappa shape index (κ1) is 15.1. The van der Waals surface area contributed by atoms with E-state index in [1.54, 1.807) is 6.07 Å². The van der Waals surface area contributed by atoms with Crippen molar-refractivity contribution in [3.05, 3.63) is 47.4 Å². The first-order valence-corrected chi connectivity index (χ1v) is 9.60. The second-order valence-corrected chi connectivity index (χ2v) is 7.92. The van der Waals surface area contributed by atoms with E-state index >= 15 is 0 Å². The minimum absolute atomic E-state index is 0.0294. The van der Waals surface area contributed by atoms with Gasteiger partial charge < -0.3 is 5.32 Å². The number of hydrogen-bond acceptors (Lipinski definition) is 3. The Hall–Kier alpha value is -2.21. The van der Waals surface area contributed by atoms with E-state index in [9.17, 15) is 9.18 Å². The first-order chi connectivity index (χ1) is 12.2. The van der Waals surface area contributed by atoms with Crippen LogP contribution in [0.2, 0.25) is 0 Å². The van der Waals surface area contributed by atoms with Gasteiger partial charge in [0.1, 0.15) is 11.5 Å². The van der Waals surface area contributed by atoms with Crippen LogP contribution in [0.3, 0.4) is 0 Å². The third kappa shape index (κ3) is 2.84. The Kier molecular flexibility index (Phi) is 3.41. The molecule has 25 heavy (non-hydrogen) atoms. The van der Waals surface area contributed by atoms with Crippen LogP contribution in [0.1, 0.15) is 36.2 Å². The van der Waals surface area contributed by atoms with E-state index < -0.39 is 0 Å². The minimum atomic E-state index is -0.288. The predicted octanol–water partition coefficient (Wildman–Crippen LogP) is 4.12. The van der Waals surface area contributed by atoms with E-state index in [-0.39, 0.29) is 11.7 Å². The lowest BCUT2D eigenvalue weighted by molar-refractivity contribution is 0.0920. The summed E-state index contributed by atoms with van der Waals surface area (Å²) in [4.78, 5) is 18.1. The van der Waals surface area contributed by atoms with Crippen molar-refractivity contribution in [3.8, 4) is 11.3 Å². The van der Waals surface area contributed by atoms with Crippen LogP contribution in [0.25, 0.3) is 16.2 Å². The summed E-state index contributed by atoms with van der Waals surface area (Å²) in [7, 11) is 0. The molecule has 1 N–H and O–H groups in total. The Morgan fingerprint density at radius 3 is 2.72 bits per heavy atom. The van der Waals surface area contributed by atoms with Gasteiger partial charge in [-0.2, -0.15) is 0 Å². The molecule has 0 aliphatic heterocycles. The minimum Gasteiger partial charge on any atom is -0.347 e. The molecule has 2 fully saturated rings. The van der Waals surface area contributed by atoms with Gasteiger partial charge in [0.2, 0.25) is 0 Å². The van der Waals surface area contributed by atoms with Gasteiger partial charge in [-0.05, 0) is 49.7 Å². The fourth-order valence-electron chi connectivity index (χ4n) is 3.49. The smallest absolute Gasteiger partial charge is 0.269 e. The topological polar surface area (TPSA) is 46.4 Å². The number of benzene rings is 1. The molecular weight excluding hydrogens is 337 g/mol. The van der Waals surface area contributed by atoms with Crippen LogP contribution >= 0.6 is 11.3 Å². The van der Waals surface area contributed by atoms with Crippen LogP contribution < -0.4 is 5.32 Å². The van der Waals surface area contributed by atoms with Gasteiger partial charge in [-0.15, -0.1) is 11.3 Å². The van der Waals surface area contributed by atoms with Crippen molar-refractivity contribution in [2.24, 2.45) is 11.8 Å². The van der Waals surface area contributed by atoms with E-state index in [0.29, 0.717) is 29.3 Å². The zero-order valence-electron chi connectivity index (χ0n) is 13.6. The van der Waals surface area contributed by atoms with E-state index in [2.05, 4.69) is 10.3 Å². The van der Waals surface area contributed by atoms with Gasteiger partial charge in [0.25, 0.3) is 5.91 Å². The van der Waals surface area contributed by atoms with Crippen LogP contribution in [0, 0.1) is 17.7 Å². The lowest BCUT2D eigenvalue weighted by Crippen LogP contribution is -2.38. The number of rotatable bonds is 5. The van der Waals surface area contributed by atoms with Gasteiger partial charge >= 0.3 is 0 Å². The molecule has 2 aliphatic carbocycles. The molecule has 1 aromatic carbocycles. The molecule has 0 spiro atoms. The number of amides is 1. The highest BCUT2D eigenvalue weighted by molar-refractivity contribution is 7.15. The number of carbonyl (C=O) groups excluding carboxylic acids is 1. The number of carbonyl (C=O) groups is 1. The monoisotopic (exact) mass is 355 g/mol. The SMILES string of the molecule is O=C(NC(C1CC1)C1CC1)c1csc2nc(-c3cccc(F)c3)cn12. The van der Waals surface area contributed by atoms with Crippen LogP contribution in [0.4, 0.5) is 4.39 Å². The lowest BCUT2D eigenvalue weighted by atomic mass is 10.1. The van der Waals surface area contributed by atoms with Gasteiger partial charge in [-0.25, -0.2) is 9.37 Å². The Morgan fingerprint density at radius 1 is 1.28 bits per heavy atom. The van der Waals surface area contributed by atoms with E-state index in [4.69, 9.17) is 0 Å². The zero-order chi connectivity index (χ0) is 17.0. The Bertz CT molecular complexity index is 943. The van der Waals surface area contributed by atoms with Gasteiger partial charge in [0.15, 0.2) is 4.96 Å². The van der Waals surface area contributed by atoms with E-state index in [1.807, 2.05) is 22.0 Å². The molecule has 0 radical (unpaired) electrons. The van der Waals surface area contributed by atoms with Crippen molar-refractivity contribution >= 4 is 22.2 Å². The summed E-state index contributed by atoms with van der Waals surface area (Å²) >= 11 is 1.43. The number of nitrogens with one attached hydrogen (secondary N) is 1. The van der Waals surface area contributed by atoms with Crippen molar-refractivity contribution in [1.82, 2.24) is 14.7 Å². The van der Waals surface area contributed by atoms with E-state index in [1.165, 1.54) is 49.2 Å². The maximum atomic E-state index is 13.5. The number of hydrogen-bond donors (Lipinski definition) is 1. The summed E-state index contributed by atoms with van der Waals surface area (Å²) in [6, 6.07) is 6.69. The average molecular weight is 355 g/mol. The third-order valence-electron chi connectivity index (χ3n) is 5.12. The second kappa shape index (κ2) is 5.66. The standard InChI is InChI=1S/C19H18FN3OS/c20-14-3-1-2-13(8-14)15-9-23-16(10-25-19(23)21-15)18(24)22-17(11-4-5-11)12-6-7-12/h1-3,8-12,17H,4-7H2,(H,22,24). The molecule has 3 aromatic rings. The summed E-state index contributed by atoms with van der Waals surface area (Å²) in [6.45, 7) is 0. The van der Waals surface area contributed by atoms with Crippen molar-refractivity contribution in [3.63, 3.8) is 0 Å². The molecule has 0 bridgehead atoms. The summed E-state index contributed by atoms with van der Waals surface area (Å²) < 4.78 is 15.3. The summed E-state index contributed by atoms with van der Waals surface area (Å²) in [5.41, 5.74) is 2.01. The number of aromatic nitrogens is 2. The fourth-order valence-corrected chi connectivity index (χ4v) is 4.34. The van der Waals surface area contributed by atoms with Gasteiger partial charge in [-0.3, -0.25) is 9.20 Å². The van der Waals surface area contributed by atoms with E-state index in [0.717, 1.165) is 10.5 Å². The molecule has 0 saturated heterocycles. The first-order valence-electron chi connectivity index (χ1n) is 8.72. The number of nitrogens with zero attached hydrogens (tertiary/aromatic N) is 2. The molecular formula is C19H18FN3OS. The molecule has 0 atom stereocenters. The molecule has 128 valence electrons. The van der Waals surface area contributed by atoms with Crippen molar-refractivity contribution in [1.29, 1.82) is 0 Å². The molecule has 2 saturated carbocycles. The lowest BCUT2D eigenvalue weighted by Gasteiger charge is -2.17. The number of thiazole rings is 1. The predicted molar refractivity (Wildman–Crippen MR) is 95.2 cm³/mol. The van der Waals surface area contributed by atoms with Crippen LogP contribution in [0.15, 0.2) is 35.8 Å². The molecule has 5 rings (SSSR count). The molecule has 4 nitrogen and oxygen atoms in total. The normalized spacial score (nSPS) is 17.4. The highest BCUT2D eigenvalue weighted by atomic mass is 32.1. The van der Waals surface area contributed by atoms with Crippen molar-refractivity contribution in [2.45, 2.75) is 31.7 Å². The van der Waals surface area contributed by atoms with Gasteiger partial charge in [-0.1, -0.05) is 12.1 Å². The average Bonchev–Trinajstić information content (AvgIpc) is 3.51. The quantitative estimate of drug-likeness (QED) is 0.748.